The van der Waals surface area contributed by atoms with Crippen molar-refractivity contribution in [2.45, 2.75) is 20.3 Å². The molecule has 0 saturated carbocycles. The standard InChI is InChI=1S/C12H17NO/c1-5-10-9(2)7-6-8-11(10)12(14)13(3)4/h6-8H,5H2,1-4H3. The zero-order valence-corrected chi connectivity index (χ0v) is 9.29. The van der Waals surface area contributed by atoms with Crippen molar-refractivity contribution < 1.29 is 4.79 Å². The van der Waals surface area contributed by atoms with Gasteiger partial charge in [0, 0.05) is 19.7 Å². The number of carbonyl (C=O) groups is 1. The van der Waals surface area contributed by atoms with Crippen molar-refractivity contribution in [3.63, 3.8) is 0 Å². The largest absolute Gasteiger partial charge is 0.345 e. The van der Waals surface area contributed by atoms with Crippen LogP contribution in [0, 0.1) is 6.92 Å². The maximum atomic E-state index is 11.8. The van der Waals surface area contributed by atoms with E-state index in [0.29, 0.717) is 0 Å². The second-order valence-electron chi connectivity index (χ2n) is 3.65. The van der Waals surface area contributed by atoms with Crippen LogP contribution in [-0.2, 0) is 6.42 Å². The first kappa shape index (κ1) is 10.8. The number of hydrogen-bond donors (Lipinski definition) is 0. The Morgan fingerprint density at radius 1 is 1.36 bits per heavy atom. The van der Waals surface area contributed by atoms with Crippen LogP contribution >= 0.6 is 0 Å². The third-order valence-corrected chi connectivity index (χ3v) is 2.40. The van der Waals surface area contributed by atoms with Crippen LogP contribution in [0.4, 0.5) is 0 Å². The predicted molar refractivity (Wildman–Crippen MR) is 58.6 cm³/mol. The summed E-state index contributed by atoms with van der Waals surface area (Å²) < 4.78 is 0. The van der Waals surface area contributed by atoms with Gasteiger partial charge in [0.1, 0.15) is 0 Å². The molecular formula is C12H17NO. The predicted octanol–water partition coefficient (Wildman–Crippen LogP) is 2.26. The van der Waals surface area contributed by atoms with Crippen LogP contribution in [0.1, 0.15) is 28.4 Å². The minimum Gasteiger partial charge on any atom is -0.345 e. The molecule has 0 N–H and O–H groups in total. The molecule has 0 saturated heterocycles. The Bertz CT molecular complexity index is 342. The summed E-state index contributed by atoms with van der Waals surface area (Å²) in [5, 5.41) is 0. The third kappa shape index (κ3) is 1.95. The van der Waals surface area contributed by atoms with Crippen molar-refractivity contribution in [3.8, 4) is 0 Å². The summed E-state index contributed by atoms with van der Waals surface area (Å²) in [5.41, 5.74) is 3.18. The minimum absolute atomic E-state index is 0.0885. The van der Waals surface area contributed by atoms with E-state index in [9.17, 15) is 4.79 Å². The highest BCUT2D eigenvalue weighted by atomic mass is 16.2. The summed E-state index contributed by atoms with van der Waals surface area (Å²) >= 11 is 0. The molecule has 0 atom stereocenters. The van der Waals surface area contributed by atoms with E-state index < -0.39 is 0 Å². The van der Waals surface area contributed by atoms with Gasteiger partial charge in [-0.3, -0.25) is 4.79 Å². The molecule has 1 rings (SSSR count). The molecule has 1 amide bonds. The van der Waals surface area contributed by atoms with Crippen LogP contribution in [0.15, 0.2) is 18.2 Å². The lowest BCUT2D eigenvalue weighted by molar-refractivity contribution is 0.0826. The fourth-order valence-electron chi connectivity index (χ4n) is 1.61. The van der Waals surface area contributed by atoms with Crippen LogP contribution in [0.2, 0.25) is 0 Å². The van der Waals surface area contributed by atoms with Crippen LogP contribution in [0.25, 0.3) is 0 Å². The summed E-state index contributed by atoms with van der Waals surface area (Å²) in [6, 6.07) is 5.88. The summed E-state index contributed by atoms with van der Waals surface area (Å²) in [4.78, 5) is 13.4. The van der Waals surface area contributed by atoms with Crippen molar-refractivity contribution >= 4 is 5.91 Å². The number of benzene rings is 1. The van der Waals surface area contributed by atoms with E-state index in [2.05, 4.69) is 6.92 Å². The summed E-state index contributed by atoms with van der Waals surface area (Å²) in [7, 11) is 3.56. The molecule has 1 aromatic rings. The Labute approximate surface area is 85.5 Å². The third-order valence-electron chi connectivity index (χ3n) is 2.40. The van der Waals surface area contributed by atoms with Gasteiger partial charge in [0.2, 0.25) is 0 Å². The maximum Gasteiger partial charge on any atom is 0.253 e. The lowest BCUT2D eigenvalue weighted by atomic mass is 9.99. The first-order chi connectivity index (χ1) is 6.57. The summed E-state index contributed by atoms with van der Waals surface area (Å²) in [6.07, 6.45) is 0.904. The van der Waals surface area contributed by atoms with Gasteiger partial charge in [-0.25, -0.2) is 0 Å². The van der Waals surface area contributed by atoms with E-state index in [1.54, 1.807) is 19.0 Å². The lowest BCUT2D eigenvalue weighted by Crippen LogP contribution is -2.23. The monoisotopic (exact) mass is 191 g/mol. The summed E-state index contributed by atoms with van der Waals surface area (Å²) in [6.45, 7) is 4.13. The van der Waals surface area contributed by atoms with Gasteiger partial charge in [-0.1, -0.05) is 19.1 Å². The number of aryl methyl sites for hydroxylation is 1. The topological polar surface area (TPSA) is 20.3 Å². The molecule has 0 fully saturated rings. The van der Waals surface area contributed by atoms with Gasteiger partial charge in [0.05, 0.1) is 0 Å². The molecule has 0 aliphatic carbocycles. The van der Waals surface area contributed by atoms with Gasteiger partial charge in [0.25, 0.3) is 5.91 Å². The van der Waals surface area contributed by atoms with Gasteiger partial charge in [0.15, 0.2) is 0 Å². The maximum absolute atomic E-state index is 11.8. The minimum atomic E-state index is 0.0885. The van der Waals surface area contributed by atoms with Gasteiger partial charge in [-0.15, -0.1) is 0 Å². The number of carbonyl (C=O) groups excluding carboxylic acids is 1. The number of rotatable bonds is 2. The highest BCUT2D eigenvalue weighted by molar-refractivity contribution is 5.95. The number of amides is 1. The summed E-state index contributed by atoms with van der Waals surface area (Å²) in [5.74, 6) is 0.0885. The van der Waals surface area contributed by atoms with Gasteiger partial charge in [-0.05, 0) is 30.5 Å². The van der Waals surface area contributed by atoms with Gasteiger partial charge >= 0.3 is 0 Å². The van der Waals surface area contributed by atoms with E-state index in [1.165, 1.54) is 5.56 Å². The average molecular weight is 191 g/mol. The Kier molecular flexibility index (Phi) is 3.28. The van der Waals surface area contributed by atoms with Crippen molar-refractivity contribution in [3.05, 3.63) is 34.9 Å². The van der Waals surface area contributed by atoms with Crippen molar-refractivity contribution in [2.24, 2.45) is 0 Å². The Hall–Kier alpha value is -1.31. The van der Waals surface area contributed by atoms with Crippen LogP contribution in [0.5, 0.6) is 0 Å². The molecule has 0 aliphatic heterocycles. The van der Waals surface area contributed by atoms with E-state index >= 15 is 0 Å². The Morgan fingerprint density at radius 3 is 2.50 bits per heavy atom. The van der Waals surface area contributed by atoms with Gasteiger partial charge in [-0.2, -0.15) is 0 Å². The van der Waals surface area contributed by atoms with E-state index in [0.717, 1.165) is 17.5 Å². The molecule has 0 bridgehead atoms. The molecule has 0 aliphatic rings. The van der Waals surface area contributed by atoms with Crippen LogP contribution in [0.3, 0.4) is 0 Å². The second kappa shape index (κ2) is 4.27. The zero-order chi connectivity index (χ0) is 10.7. The molecule has 14 heavy (non-hydrogen) atoms. The highest BCUT2D eigenvalue weighted by Crippen LogP contribution is 2.15. The van der Waals surface area contributed by atoms with E-state index in [1.807, 2.05) is 25.1 Å². The Balaban J connectivity index is 3.20. The van der Waals surface area contributed by atoms with Crippen molar-refractivity contribution in [2.75, 3.05) is 14.1 Å². The molecule has 2 heteroatoms. The lowest BCUT2D eigenvalue weighted by Gasteiger charge is -2.14. The van der Waals surface area contributed by atoms with E-state index in [4.69, 9.17) is 0 Å². The molecule has 1 aromatic carbocycles. The van der Waals surface area contributed by atoms with E-state index in [-0.39, 0.29) is 5.91 Å². The molecule has 0 spiro atoms. The smallest absolute Gasteiger partial charge is 0.253 e. The molecule has 0 heterocycles. The molecule has 0 radical (unpaired) electrons. The first-order valence-electron chi connectivity index (χ1n) is 4.88. The van der Waals surface area contributed by atoms with Crippen molar-refractivity contribution in [1.29, 1.82) is 0 Å². The second-order valence-corrected chi connectivity index (χ2v) is 3.65. The fourth-order valence-corrected chi connectivity index (χ4v) is 1.61. The van der Waals surface area contributed by atoms with Crippen LogP contribution < -0.4 is 0 Å². The molecular weight excluding hydrogens is 174 g/mol. The van der Waals surface area contributed by atoms with Gasteiger partial charge < -0.3 is 4.90 Å². The molecule has 76 valence electrons. The van der Waals surface area contributed by atoms with Crippen molar-refractivity contribution in [1.82, 2.24) is 4.90 Å². The molecule has 0 unspecified atom stereocenters. The molecule has 0 aromatic heterocycles. The highest BCUT2D eigenvalue weighted by Gasteiger charge is 2.12. The first-order valence-corrected chi connectivity index (χ1v) is 4.88. The number of nitrogens with zero attached hydrogens (tertiary/aromatic N) is 1. The normalized spacial score (nSPS) is 10.0. The Morgan fingerprint density at radius 2 is 2.00 bits per heavy atom. The number of hydrogen-bond acceptors (Lipinski definition) is 1. The SMILES string of the molecule is CCc1c(C)cccc1C(=O)N(C)C. The quantitative estimate of drug-likeness (QED) is 0.702. The fraction of sp³-hybridized carbons (Fsp3) is 0.417. The van der Waals surface area contributed by atoms with Crippen LogP contribution in [-0.4, -0.2) is 24.9 Å². The molecule has 2 nitrogen and oxygen atoms in total. The zero-order valence-electron chi connectivity index (χ0n) is 9.29. The average Bonchev–Trinajstić information content (AvgIpc) is 2.16.